The predicted octanol–water partition coefficient (Wildman–Crippen LogP) is 4.43. The second kappa shape index (κ2) is 10.8. The highest BCUT2D eigenvalue weighted by Crippen LogP contribution is 2.36. The third kappa shape index (κ3) is 5.67. The van der Waals surface area contributed by atoms with Crippen molar-refractivity contribution in [2.75, 3.05) is 19.6 Å². The number of rotatable bonds is 8. The van der Waals surface area contributed by atoms with Gasteiger partial charge in [-0.1, -0.05) is 30.3 Å². The summed E-state index contributed by atoms with van der Waals surface area (Å²) in [6, 6.07) is 9.95. The minimum atomic E-state index is -4.36. The minimum Gasteiger partial charge on any atom is -0.481 e. The van der Waals surface area contributed by atoms with E-state index in [9.17, 15) is 31.5 Å². The van der Waals surface area contributed by atoms with Crippen LogP contribution in [-0.4, -0.2) is 66.4 Å². The molecule has 2 aromatic rings. The topological polar surface area (TPSA) is 77.9 Å². The lowest BCUT2D eigenvalue weighted by Crippen LogP contribution is -2.61. The highest BCUT2D eigenvalue weighted by atomic mass is 32.2. The van der Waals surface area contributed by atoms with Gasteiger partial charge in [0.25, 0.3) is 0 Å². The summed E-state index contributed by atoms with van der Waals surface area (Å²) < 4.78 is 66.4. The molecule has 0 bridgehead atoms. The van der Waals surface area contributed by atoms with Gasteiger partial charge in [-0.25, -0.2) is 8.42 Å². The van der Waals surface area contributed by atoms with Gasteiger partial charge in [0.05, 0.1) is 16.4 Å². The smallest absolute Gasteiger partial charge is 0.416 e. The number of sulfone groups is 1. The quantitative estimate of drug-likeness (QED) is 0.490. The van der Waals surface area contributed by atoms with Crippen molar-refractivity contribution in [3.8, 4) is 0 Å². The Balaban J connectivity index is 1.47. The summed E-state index contributed by atoms with van der Waals surface area (Å²) in [6.07, 6.45) is -1.83. The number of fused-ring (bicyclic) bond motifs is 1. The molecule has 0 spiro atoms. The van der Waals surface area contributed by atoms with E-state index in [0.29, 0.717) is 38.0 Å². The number of carboxylic acids is 1. The fourth-order valence-corrected chi connectivity index (χ4v) is 7.95. The number of nitrogens with zero attached hydrogens (tertiary/aromatic N) is 2. The minimum absolute atomic E-state index is 0.132. The average molecular weight is 551 g/mol. The molecule has 4 rings (SSSR count). The third-order valence-electron chi connectivity index (χ3n) is 7.68. The highest BCUT2D eigenvalue weighted by molar-refractivity contribution is 7.92. The number of piperazine rings is 1. The van der Waals surface area contributed by atoms with Crippen LogP contribution in [0, 0.1) is 5.92 Å². The molecule has 0 aromatic heterocycles. The Bertz CT molecular complexity index is 1280. The van der Waals surface area contributed by atoms with E-state index >= 15 is 0 Å². The van der Waals surface area contributed by atoms with E-state index < -0.39 is 38.8 Å². The van der Waals surface area contributed by atoms with Gasteiger partial charge >= 0.3 is 12.1 Å². The van der Waals surface area contributed by atoms with E-state index in [1.165, 1.54) is 18.2 Å². The number of carbonyl (C=O) groups is 1. The van der Waals surface area contributed by atoms with Crippen molar-refractivity contribution in [1.82, 2.24) is 9.80 Å². The molecule has 4 atom stereocenters. The van der Waals surface area contributed by atoms with E-state index in [1.54, 1.807) is 18.2 Å². The number of aliphatic carboxylic acids is 1. The monoisotopic (exact) mass is 550 g/mol. The lowest BCUT2D eigenvalue weighted by molar-refractivity contribution is -0.141. The maximum atomic E-state index is 13.9. The molecule has 4 unspecified atom stereocenters. The summed E-state index contributed by atoms with van der Waals surface area (Å²) in [6.45, 7) is 9.60. The first-order chi connectivity index (χ1) is 17.8. The summed E-state index contributed by atoms with van der Waals surface area (Å²) in [5.74, 6) is -1.56. The zero-order valence-electron chi connectivity index (χ0n) is 21.5. The number of alkyl halides is 3. The standard InChI is InChI=1S/C28H33F3N2O4S/c1-4-26(38(36,37)25-7-5-6-21-14-22(27(34)35)15-24(21)25)33-18(2)16-32(17-19(33)3)13-12-20-8-10-23(11-9-20)28(29,30)31/h4-11,18-19,22,26H,1,12-17H2,2-3H3,(H,34,35). The van der Waals surface area contributed by atoms with Gasteiger partial charge in [-0.2, -0.15) is 13.2 Å². The Labute approximate surface area is 221 Å². The predicted molar refractivity (Wildman–Crippen MR) is 138 cm³/mol. The van der Waals surface area contributed by atoms with Crippen molar-refractivity contribution in [1.29, 1.82) is 0 Å². The first kappa shape index (κ1) is 28.3. The van der Waals surface area contributed by atoms with Crippen LogP contribution in [0.25, 0.3) is 0 Å². The molecule has 0 saturated carbocycles. The van der Waals surface area contributed by atoms with Gasteiger partial charge in [-0.05, 0) is 68.0 Å². The molecule has 1 heterocycles. The molecule has 38 heavy (non-hydrogen) atoms. The summed E-state index contributed by atoms with van der Waals surface area (Å²) in [7, 11) is -3.88. The fraction of sp³-hybridized carbons (Fsp3) is 0.464. The van der Waals surface area contributed by atoms with E-state index in [1.807, 2.05) is 18.7 Å². The first-order valence-corrected chi connectivity index (χ1v) is 14.2. The van der Waals surface area contributed by atoms with Crippen molar-refractivity contribution in [3.05, 3.63) is 77.4 Å². The second-order valence-corrected chi connectivity index (χ2v) is 12.4. The van der Waals surface area contributed by atoms with Gasteiger partial charge in [0.2, 0.25) is 0 Å². The van der Waals surface area contributed by atoms with Crippen molar-refractivity contribution >= 4 is 15.8 Å². The number of hydrogen-bond donors (Lipinski definition) is 1. The Morgan fingerprint density at radius 1 is 1.11 bits per heavy atom. The first-order valence-electron chi connectivity index (χ1n) is 12.7. The van der Waals surface area contributed by atoms with Crippen LogP contribution in [0.5, 0.6) is 0 Å². The van der Waals surface area contributed by atoms with Crippen molar-refractivity contribution in [2.45, 2.75) is 61.6 Å². The van der Waals surface area contributed by atoms with Gasteiger partial charge in [0.1, 0.15) is 5.37 Å². The maximum Gasteiger partial charge on any atom is 0.416 e. The van der Waals surface area contributed by atoms with Gasteiger partial charge in [0.15, 0.2) is 9.84 Å². The lowest BCUT2D eigenvalue weighted by atomic mass is 10.1. The SMILES string of the molecule is C=CC(N1C(C)CN(CCc2ccc(C(F)(F)F)cc2)CC1C)S(=O)(=O)c1cccc2c1CC(C(=O)O)C2. The van der Waals surface area contributed by atoms with Crippen molar-refractivity contribution in [2.24, 2.45) is 5.92 Å². The van der Waals surface area contributed by atoms with Gasteiger partial charge in [-0.3, -0.25) is 14.6 Å². The molecule has 0 radical (unpaired) electrons. The molecule has 0 amide bonds. The van der Waals surface area contributed by atoms with Crippen LogP contribution in [0.15, 0.2) is 60.0 Å². The van der Waals surface area contributed by atoms with E-state index in [4.69, 9.17) is 0 Å². The van der Waals surface area contributed by atoms with Crippen LogP contribution in [0.2, 0.25) is 0 Å². The van der Waals surface area contributed by atoms with Gasteiger partial charge in [-0.15, -0.1) is 6.58 Å². The van der Waals surface area contributed by atoms with Crippen molar-refractivity contribution in [3.63, 3.8) is 0 Å². The zero-order chi connectivity index (χ0) is 27.8. The zero-order valence-corrected chi connectivity index (χ0v) is 22.3. The molecular formula is C28H33F3N2O4S. The second-order valence-electron chi connectivity index (χ2n) is 10.4. The number of benzene rings is 2. The number of hydrogen-bond acceptors (Lipinski definition) is 5. The van der Waals surface area contributed by atoms with Crippen molar-refractivity contribution < 1.29 is 31.5 Å². The van der Waals surface area contributed by atoms with E-state index in [-0.39, 0.29) is 23.4 Å². The van der Waals surface area contributed by atoms with Gasteiger partial charge in [0, 0.05) is 31.7 Å². The van der Waals surface area contributed by atoms with Crippen LogP contribution in [-0.2, 0) is 40.1 Å². The Hall–Kier alpha value is -2.69. The maximum absolute atomic E-state index is 13.9. The number of halogens is 3. The highest BCUT2D eigenvalue weighted by Gasteiger charge is 2.42. The largest absolute Gasteiger partial charge is 0.481 e. The van der Waals surface area contributed by atoms with E-state index in [0.717, 1.165) is 23.3 Å². The molecule has 1 N–H and O–H groups in total. The average Bonchev–Trinajstić information content (AvgIpc) is 3.29. The molecule has 10 heteroatoms. The summed E-state index contributed by atoms with van der Waals surface area (Å²) >= 11 is 0. The normalized spacial score (nSPS) is 23.7. The van der Waals surface area contributed by atoms with E-state index in [2.05, 4.69) is 11.5 Å². The summed E-state index contributed by atoms with van der Waals surface area (Å²) in [4.78, 5) is 15.9. The molecule has 6 nitrogen and oxygen atoms in total. The van der Waals surface area contributed by atoms with Crippen LogP contribution in [0.3, 0.4) is 0 Å². The molecule has 1 saturated heterocycles. The molecule has 1 aliphatic carbocycles. The molecule has 206 valence electrons. The molecule has 1 fully saturated rings. The Morgan fingerprint density at radius 3 is 2.29 bits per heavy atom. The Morgan fingerprint density at radius 2 is 1.74 bits per heavy atom. The molecule has 2 aliphatic rings. The molecule has 2 aromatic carbocycles. The fourth-order valence-electron chi connectivity index (χ4n) is 5.87. The summed E-state index contributed by atoms with van der Waals surface area (Å²) in [5, 5.41) is 8.50. The third-order valence-corrected chi connectivity index (χ3v) is 9.74. The van der Waals surface area contributed by atoms with Crippen LogP contribution >= 0.6 is 0 Å². The van der Waals surface area contributed by atoms with Crippen LogP contribution in [0.4, 0.5) is 13.2 Å². The van der Waals surface area contributed by atoms with Gasteiger partial charge < -0.3 is 5.11 Å². The lowest BCUT2D eigenvalue weighted by Gasteiger charge is -2.47. The molecule has 1 aliphatic heterocycles. The summed E-state index contributed by atoms with van der Waals surface area (Å²) in [5.41, 5.74) is 1.49. The molecular weight excluding hydrogens is 517 g/mol. The van der Waals surface area contributed by atoms with Crippen LogP contribution in [0.1, 0.15) is 36.1 Å². The Kier molecular flexibility index (Phi) is 8.07. The number of carboxylic acid groups (broad SMARTS) is 1. The van der Waals surface area contributed by atoms with Crippen LogP contribution < -0.4 is 0 Å².